The largest absolute Gasteiger partial charge is 0.496 e. The van der Waals surface area contributed by atoms with Crippen LogP contribution in [0.25, 0.3) is 6.08 Å². The topological polar surface area (TPSA) is 165 Å². The van der Waals surface area contributed by atoms with Crippen LogP contribution in [0, 0.1) is 5.82 Å². The Labute approximate surface area is 230 Å². The molecule has 10 nitrogen and oxygen atoms in total. The number of aliphatic carboxylic acids is 3. The zero-order chi connectivity index (χ0) is 29.5. The summed E-state index contributed by atoms with van der Waals surface area (Å²) in [7, 11) is 1.69. The number of methoxy groups -OCH3 is 1. The van der Waals surface area contributed by atoms with Crippen LogP contribution in [0.3, 0.4) is 0 Å². The molecule has 2 aliphatic heterocycles. The molecule has 2 heterocycles. The summed E-state index contributed by atoms with van der Waals surface area (Å²) >= 11 is 0. The molecule has 2 atom stereocenters. The summed E-state index contributed by atoms with van der Waals surface area (Å²) in [5, 5.41) is 45.0. The Balaban J connectivity index is 0.000000289. The van der Waals surface area contributed by atoms with Crippen LogP contribution >= 0.6 is 0 Å². The Morgan fingerprint density at radius 3 is 2.05 bits per heavy atom. The summed E-state index contributed by atoms with van der Waals surface area (Å²) in [6, 6.07) is 15.1. The number of ether oxygens (including phenoxy) is 1. The van der Waals surface area contributed by atoms with Gasteiger partial charge in [-0.25, -0.2) is 9.18 Å². The molecule has 0 aliphatic carbocycles. The molecule has 5 N–H and O–H groups in total. The van der Waals surface area contributed by atoms with E-state index in [0.717, 1.165) is 36.3 Å². The molecule has 0 amide bonds. The van der Waals surface area contributed by atoms with Crippen molar-refractivity contribution in [3.05, 3.63) is 71.6 Å². The monoisotopic (exact) mass is 559 g/mol. The number of para-hydroxylation sites is 1. The van der Waals surface area contributed by atoms with Gasteiger partial charge in [0.25, 0.3) is 0 Å². The van der Waals surface area contributed by atoms with Gasteiger partial charge in [-0.2, -0.15) is 0 Å². The average molecular weight is 560 g/mol. The first kappa shape index (κ1) is 30.7. The van der Waals surface area contributed by atoms with E-state index in [4.69, 9.17) is 25.2 Å². The van der Waals surface area contributed by atoms with E-state index in [-0.39, 0.29) is 5.82 Å². The molecule has 2 saturated heterocycles. The molecule has 2 aromatic carbocycles. The first-order valence-electron chi connectivity index (χ1n) is 12.8. The summed E-state index contributed by atoms with van der Waals surface area (Å²) in [5.74, 6) is -4.40. The number of hydrogen-bond donors (Lipinski definition) is 5. The minimum absolute atomic E-state index is 0.260. The Hall–Kier alpha value is -3.80. The lowest BCUT2D eigenvalue weighted by molar-refractivity contribution is -0.170. The van der Waals surface area contributed by atoms with E-state index < -0.39 is 42.0 Å². The van der Waals surface area contributed by atoms with Crippen molar-refractivity contribution in [2.45, 2.75) is 61.8 Å². The Morgan fingerprint density at radius 1 is 1.00 bits per heavy atom. The van der Waals surface area contributed by atoms with Crippen LogP contribution in [0.5, 0.6) is 5.75 Å². The highest BCUT2D eigenvalue weighted by molar-refractivity contribution is 5.88. The maximum absolute atomic E-state index is 13.2. The van der Waals surface area contributed by atoms with E-state index in [9.17, 15) is 23.9 Å². The first-order chi connectivity index (χ1) is 18.9. The molecule has 2 unspecified atom stereocenters. The van der Waals surface area contributed by atoms with Crippen molar-refractivity contribution >= 4 is 24.0 Å². The Morgan fingerprint density at radius 2 is 1.55 bits per heavy atom. The number of halogens is 1. The number of rotatable bonds is 10. The number of fused-ring (bicyclic) bond motifs is 2. The molecule has 40 heavy (non-hydrogen) atoms. The molecule has 0 saturated carbocycles. The number of aliphatic hydroxyl groups is 2. The maximum Gasteiger partial charge on any atom is 0.336 e. The van der Waals surface area contributed by atoms with Gasteiger partial charge in [0.15, 0.2) is 5.60 Å². The third-order valence-corrected chi connectivity index (χ3v) is 7.34. The van der Waals surface area contributed by atoms with Crippen LogP contribution in [-0.2, 0) is 20.0 Å². The summed E-state index contributed by atoms with van der Waals surface area (Å²) in [6.45, 7) is 0.868. The highest BCUT2D eigenvalue weighted by Gasteiger charge is 2.47. The number of piperidine rings is 1. The zero-order valence-corrected chi connectivity index (χ0v) is 22.1. The second-order valence-corrected chi connectivity index (χ2v) is 10.2. The van der Waals surface area contributed by atoms with Gasteiger partial charge in [0.1, 0.15) is 11.6 Å². The van der Waals surface area contributed by atoms with Gasteiger partial charge in [-0.1, -0.05) is 42.5 Å². The van der Waals surface area contributed by atoms with Gasteiger partial charge < -0.3 is 30.3 Å². The lowest BCUT2D eigenvalue weighted by Gasteiger charge is -2.43. The van der Waals surface area contributed by atoms with Gasteiger partial charge in [-0.05, 0) is 49.4 Å². The standard InChI is InChI=1S/C23H26FNO2.C6H8O7/c1-27-22-7-3-2-5-17(22)6-4-14-25-20-12-13-21(25)16-23(26,15-20)18-8-10-19(24)11-9-18;7-3(8)1-6(13,5(11)12)2-4(9)10/h2-11,20-21,26H,12-16H2,1H3;13H,1-2H2,(H,7,8)(H,9,10)(H,11,12)/b6-4+;. The summed E-state index contributed by atoms with van der Waals surface area (Å²) in [5.41, 5.74) is -1.67. The minimum Gasteiger partial charge on any atom is -0.496 e. The van der Waals surface area contributed by atoms with E-state index in [1.54, 1.807) is 19.2 Å². The normalized spacial score (nSPS) is 22.4. The Kier molecular flexibility index (Phi) is 10.0. The predicted molar refractivity (Wildman–Crippen MR) is 142 cm³/mol. The van der Waals surface area contributed by atoms with Gasteiger partial charge in [0, 0.05) is 24.2 Å². The van der Waals surface area contributed by atoms with Crippen molar-refractivity contribution in [3.63, 3.8) is 0 Å². The number of hydrogen-bond acceptors (Lipinski definition) is 7. The quantitative estimate of drug-likeness (QED) is 0.292. The van der Waals surface area contributed by atoms with Gasteiger partial charge in [-0.3, -0.25) is 14.5 Å². The van der Waals surface area contributed by atoms with Crippen LogP contribution in [0.4, 0.5) is 4.39 Å². The highest BCUT2D eigenvalue weighted by Crippen LogP contribution is 2.45. The molecule has 4 rings (SSSR count). The fourth-order valence-electron chi connectivity index (χ4n) is 5.43. The molecule has 2 aromatic rings. The minimum atomic E-state index is -2.74. The molecular weight excluding hydrogens is 525 g/mol. The van der Waals surface area contributed by atoms with Gasteiger partial charge in [0.2, 0.25) is 0 Å². The first-order valence-corrected chi connectivity index (χ1v) is 12.8. The molecule has 2 fully saturated rings. The second-order valence-electron chi connectivity index (χ2n) is 10.2. The van der Waals surface area contributed by atoms with E-state index >= 15 is 0 Å². The SMILES string of the molecule is COc1ccccc1/C=C/CN1C2CCC1CC(O)(c1ccc(F)cc1)C2.O=C(O)CC(O)(CC(=O)O)C(=O)O. The second kappa shape index (κ2) is 13.0. The Bertz CT molecular complexity index is 1200. The van der Waals surface area contributed by atoms with Crippen LogP contribution in [-0.4, -0.2) is 79.7 Å². The average Bonchev–Trinajstić information content (AvgIpc) is 3.13. The molecule has 2 aliphatic rings. The highest BCUT2D eigenvalue weighted by atomic mass is 19.1. The summed E-state index contributed by atoms with van der Waals surface area (Å²) < 4.78 is 18.6. The van der Waals surface area contributed by atoms with E-state index in [1.165, 1.54) is 12.1 Å². The molecule has 0 spiro atoms. The van der Waals surface area contributed by atoms with Crippen LogP contribution in [0.15, 0.2) is 54.6 Å². The van der Waals surface area contributed by atoms with E-state index in [2.05, 4.69) is 17.1 Å². The zero-order valence-electron chi connectivity index (χ0n) is 22.1. The smallest absolute Gasteiger partial charge is 0.336 e. The lowest BCUT2D eigenvalue weighted by Crippen LogP contribution is -2.49. The van der Waals surface area contributed by atoms with Crippen molar-refractivity contribution in [3.8, 4) is 5.75 Å². The van der Waals surface area contributed by atoms with Crippen molar-refractivity contribution < 1.29 is 49.0 Å². The lowest BCUT2D eigenvalue weighted by atomic mass is 9.80. The molecule has 11 heteroatoms. The summed E-state index contributed by atoms with van der Waals surface area (Å²) in [6.07, 6.45) is 5.64. The van der Waals surface area contributed by atoms with E-state index in [0.29, 0.717) is 24.9 Å². The van der Waals surface area contributed by atoms with Crippen molar-refractivity contribution in [2.24, 2.45) is 0 Å². The fraction of sp³-hybridized carbons (Fsp3) is 0.414. The third kappa shape index (κ3) is 7.65. The van der Waals surface area contributed by atoms with Crippen LogP contribution in [0.2, 0.25) is 0 Å². The summed E-state index contributed by atoms with van der Waals surface area (Å²) in [4.78, 5) is 33.0. The molecule has 0 radical (unpaired) electrons. The van der Waals surface area contributed by atoms with E-state index in [1.807, 2.05) is 24.3 Å². The van der Waals surface area contributed by atoms with Crippen molar-refractivity contribution in [1.29, 1.82) is 0 Å². The third-order valence-electron chi connectivity index (χ3n) is 7.34. The number of carbonyl (C=O) groups is 3. The maximum atomic E-state index is 13.2. The number of carboxylic acids is 3. The van der Waals surface area contributed by atoms with Gasteiger partial charge in [0.05, 0.1) is 25.6 Å². The molecule has 216 valence electrons. The predicted octanol–water partition coefficient (Wildman–Crippen LogP) is 3.11. The van der Waals surface area contributed by atoms with Crippen molar-refractivity contribution in [1.82, 2.24) is 4.90 Å². The fourth-order valence-corrected chi connectivity index (χ4v) is 5.43. The van der Waals surface area contributed by atoms with Gasteiger partial charge in [-0.15, -0.1) is 0 Å². The molecule has 0 aromatic heterocycles. The number of carboxylic acid groups (broad SMARTS) is 3. The number of benzene rings is 2. The number of nitrogens with zero attached hydrogens (tertiary/aromatic N) is 1. The van der Waals surface area contributed by atoms with Crippen LogP contribution in [0.1, 0.15) is 49.7 Å². The van der Waals surface area contributed by atoms with Crippen LogP contribution < -0.4 is 4.74 Å². The molecular formula is C29H34FNO9. The van der Waals surface area contributed by atoms with Crippen molar-refractivity contribution in [2.75, 3.05) is 13.7 Å². The van der Waals surface area contributed by atoms with Gasteiger partial charge >= 0.3 is 17.9 Å². The molecule has 2 bridgehead atoms.